The second kappa shape index (κ2) is 5.83. The highest BCUT2D eigenvalue weighted by Crippen LogP contribution is 2.30. The maximum atomic E-state index is 12.9. The summed E-state index contributed by atoms with van der Waals surface area (Å²) in [6.07, 6.45) is -0.253. The van der Waals surface area contributed by atoms with Crippen molar-refractivity contribution in [3.63, 3.8) is 0 Å². The highest BCUT2D eigenvalue weighted by Gasteiger charge is 2.31. The van der Waals surface area contributed by atoms with Crippen molar-refractivity contribution < 1.29 is 22.4 Å². The molecule has 5 nitrogen and oxygen atoms in total. The lowest BCUT2D eigenvalue weighted by molar-refractivity contribution is -0.137. The van der Waals surface area contributed by atoms with E-state index in [1.807, 2.05) is 0 Å². The first-order valence-corrected chi connectivity index (χ1v) is 7.54. The quantitative estimate of drug-likeness (QED) is 0.515. The molecule has 0 fully saturated rings. The minimum atomic E-state index is -4.53. The van der Waals surface area contributed by atoms with Crippen LogP contribution < -0.4 is 0 Å². The molecule has 0 radical (unpaired) electrons. The van der Waals surface area contributed by atoms with Crippen LogP contribution >= 0.6 is 0 Å². The van der Waals surface area contributed by atoms with E-state index in [1.165, 1.54) is 35.3 Å². The number of hydrogen-bond acceptors (Lipinski definition) is 4. The van der Waals surface area contributed by atoms with Crippen LogP contribution in [0.15, 0.2) is 65.5 Å². The molecular weight excluding hydrogens is 347 g/mol. The molecule has 4 rings (SSSR count). The Kier molecular flexibility index (Phi) is 3.61. The maximum absolute atomic E-state index is 12.9. The number of fused-ring (bicyclic) bond motifs is 1. The molecule has 130 valence electrons. The Bertz CT molecular complexity index is 1100. The van der Waals surface area contributed by atoms with Crippen molar-refractivity contribution in [2.45, 2.75) is 6.18 Å². The number of nitrogens with zero attached hydrogens (tertiary/aromatic N) is 3. The average Bonchev–Trinajstić information content (AvgIpc) is 3.30. The zero-order valence-corrected chi connectivity index (χ0v) is 13.1. The summed E-state index contributed by atoms with van der Waals surface area (Å²) in [7, 11) is 0. The number of ketones is 1. The summed E-state index contributed by atoms with van der Waals surface area (Å²) in [5, 5.41) is 4.14. The zero-order chi connectivity index (χ0) is 18.3. The van der Waals surface area contributed by atoms with Crippen LogP contribution in [0.2, 0.25) is 0 Å². The summed E-state index contributed by atoms with van der Waals surface area (Å²) >= 11 is 0. The van der Waals surface area contributed by atoms with Gasteiger partial charge in [0.2, 0.25) is 0 Å². The molecule has 4 aromatic rings. The van der Waals surface area contributed by atoms with E-state index in [9.17, 15) is 18.0 Å². The van der Waals surface area contributed by atoms with Crippen LogP contribution in [0.3, 0.4) is 0 Å². The van der Waals surface area contributed by atoms with E-state index >= 15 is 0 Å². The first-order chi connectivity index (χ1) is 12.4. The third-order valence-corrected chi connectivity index (χ3v) is 3.87. The summed E-state index contributed by atoms with van der Waals surface area (Å²) < 4.78 is 45.4. The second-order valence-corrected chi connectivity index (χ2v) is 5.51. The van der Waals surface area contributed by atoms with E-state index < -0.39 is 17.5 Å². The molecule has 8 heteroatoms. The molecule has 3 aromatic heterocycles. The van der Waals surface area contributed by atoms with Crippen molar-refractivity contribution in [3.05, 3.63) is 77.8 Å². The monoisotopic (exact) mass is 357 g/mol. The number of carbonyl (C=O) groups excluding carboxylic acids is 1. The van der Waals surface area contributed by atoms with Crippen molar-refractivity contribution in [1.29, 1.82) is 0 Å². The van der Waals surface area contributed by atoms with Crippen molar-refractivity contribution >= 4 is 11.4 Å². The minimum absolute atomic E-state index is 0.0834. The first kappa shape index (κ1) is 16.1. The molecule has 0 saturated heterocycles. The molecule has 26 heavy (non-hydrogen) atoms. The van der Waals surface area contributed by atoms with Gasteiger partial charge in [0.1, 0.15) is 5.69 Å². The first-order valence-electron chi connectivity index (χ1n) is 7.54. The smallest absolute Gasteiger partial charge is 0.416 e. The van der Waals surface area contributed by atoms with Crippen LogP contribution in [0.1, 0.15) is 21.5 Å². The average molecular weight is 357 g/mol. The van der Waals surface area contributed by atoms with Gasteiger partial charge in [-0.25, -0.2) is 9.50 Å². The lowest BCUT2D eigenvalue weighted by Crippen LogP contribution is -2.08. The van der Waals surface area contributed by atoms with Gasteiger partial charge in [-0.3, -0.25) is 4.79 Å². The maximum Gasteiger partial charge on any atom is 0.416 e. The predicted octanol–water partition coefficient (Wildman–Crippen LogP) is 4.24. The number of halogens is 3. The lowest BCUT2D eigenvalue weighted by Gasteiger charge is -2.07. The number of alkyl halides is 3. The Morgan fingerprint density at radius 3 is 2.69 bits per heavy atom. The molecule has 0 atom stereocenters. The van der Waals surface area contributed by atoms with Crippen LogP contribution in [0, 0.1) is 0 Å². The Morgan fingerprint density at radius 2 is 1.96 bits per heavy atom. The number of benzene rings is 1. The van der Waals surface area contributed by atoms with Gasteiger partial charge < -0.3 is 4.42 Å². The Balaban J connectivity index is 1.81. The number of carbonyl (C=O) groups is 1. The third-order valence-electron chi connectivity index (χ3n) is 3.87. The normalized spacial score (nSPS) is 11.8. The Labute approximate surface area is 144 Å². The van der Waals surface area contributed by atoms with Gasteiger partial charge in [-0.2, -0.15) is 18.3 Å². The highest BCUT2D eigenvalue weighted by molar-refractivity contribution is 6.12. The van der Waals surface area contributed by atoms with Gasteiger partial charge in [-0.15, -0.1) is 0 Å². The molecule has 0 unspecified atom stereocenters. The van der Waals surface area contributed by atoms with E-state index in [0.29, 0.717) is 11.5 Å². The molecule has 3 heterocycles. The lowest BCUT2D eigenvalue weighted by atomic mass is 10.0. The van der Waals surface area contributed by atoms with Crippen LogP contribution in [0.25, 0.3) is 17.1 Å². The second-order valence-electron chi connectivity index (χ2n) is 5.51. The molecule has 0 N–H and O–H groups in total. The van der Waals surface area contributed by atoms with E-state index in [1.54, 1.807) is 18.2 Å². The summed E-state index contributed by atoms with van der Waals surface area (Å²) in [5.41, 5.74) is -0.0499. The van der Waals surface area contributed by atoms with Crippen LogP contribution in [0.5, 0.6) is 0 Å². The van der Waals surface area contributed by atoms with Crippen molar-refractivity contribution in [1.82, 2.24) is 14.6 Å². The zero-order valence-electron chi connectivity index (χ0n) is 13.1. The summed E-state index contributed by atoms with van der Waals surface area (Å²) in [5.74, 6) is -0.0613. The Hall–Kier alpha value is -3.42. The fraction of sp³-hybridized carbons (Fsp3) is 0.0556. The molecule has 0 amide bonds. The van der Waals surface area contributed by atoms with E-state index in [4.69, 9.17) is 4.42 Å². The topological polar surface area (TPSA) is 60.4 Å². The molecule has 0 aliphatic rings. The van der Waals surface area contributed by atoms with E-state index in [0.717, 1.165) is 12.1 Å². The van der Waals surface area contributed by atoms with Crippen molar-refractivity contribution in [2.24, 2.45) is 0 Å². The largest absolute Gasteiger partial charge is 0.463 e. The van der Waals surface area contributed by atoms with Crippen molar-refractivity contribution in [3.8, 4) is 11.5 Å². The standard InChI is InChI=1S/C18H10F3N3O2/c19-18(20,21)12-4-1-3-11(9-12)16(25)13-10-23-24-14(6-7-22-17(13)24)15-5-2-8-26-15/h1-10H. The SMILES string of the molecule is O=C(c1cccc(C(F)(F)F)c1)c1cnn2c(-c3ccco3)ccnc12. The summed E-state index contributed by atoms with van der Waals surface area (Å²) in [6, 6.07) is 9.37. The Morgan fingerprint density at radius 1 is 1.12 bits per heavy atom. The van der Waals surface area contributed by atoms with Gasteiger partial charge >= 0.3 is 6.18 Å². The van der Waals surface area contributed by atoms with Crippen LogP contribution in [-0.2, 0) is 6.18 Å². The molecular formula is C18H10F3N3O2. The van der Waals surface area contributed by atoms with Gasteiger partial charge in [0, 0.05) is 11.8 Å². The number of rotatable bonds is 3. The van der Waals surface area contributed by atoms with E-state index in [-0.39, 0.29) is 16.8 Å². The fourth-order valence-electron chi connectivity index (χ4n) is 2.65. The van der Waals surface area contributed by atoms with Gasteiger partial charge in [-0.05, 0) is 30.3 Å². The van der Waals surface area contributed by atoms with Gasteiger partial charge in [0.15, 0.2) is 17.2 Å². The third kappa shape index (κ3) is 2.65. The highest BCUT2D eigenvalue weighted by atomic mass is 19.4. The number of furan rings is 1. The predicted molar refractivity (Wildman–Crippen MR) is 85.6 cm³/mol. The summed E-state index contributed by atoms with van der Waals surface area (Å²) in [6.45, 7) is 0. The van der Waals surface area contributed by atoms with Crippen molar-refractivity contribution in [2.75, 3.05) is 0 Å². The minimum Gasteiger partial charge on any atom is -0.463 e. The number of hydrogen-bond donors (Lipinski definition) is 0. The van der Waals surface area contributed by atoms with Crippen LogP contribution in [0.4, 0.5) is 13.2 Å². The van der Waals surface area contributed by atoms with Gasteiger partial charge in [0.05, 0.1) is 23.6 Å². The molecule has 0 aliphatic carbocycles. The molecule has 0 spiro atoms. The molecule has 0 aliphatic heterocycles. The molecule has 0 saturated carbocycles. The number of aromatic nitrogens is 3. The fourth-order valence-corrected chi connectivity index (χ4v) is 2.65. The molecule has 0 bridgehead atoms. The van der Waals surface area contributed by atoms with E-state index in [2.05, 4.69) is 10.1 Å². The van der Waals surface area contributed by atoms with Gasteiger partial charge in [-0.1, -0.05) is 12.1 Å². The van der Waals surface area contributed by atoms with Crippen LogP contribution in [-0.4, -0.2) is 20.4 Å². The molecule has 1 aromatic carbocycles. The van der Waals surface area contributed by atoms with Gasteiger partial charge in [0.25, 0.3) is 0 Å². The summed E-state index contributed by atoms with van der Waals surface area (Å²) in [4.78, 5) is 16.9.